The van der Waals surface area contributed by atoms with Crippen LogP contribution in [0.3, 0.4) is 0 Å². The lowest BCUT2D eigenvalue weighted by atomic mass is 10.1. The summed E-state index contributed by atoms with van der Waals surface area (Å²) in [5.74, 6) is 1.68. The van der Waals surface area contributed by atoms with Crippen molar-refractivity contribution in [1.29, 1.82) is 0 Å². The SMILES string of the molecule is Cc1cc(-c2cnc(CCCNC(C)(C)C)o2)sc1Br. The summed E-state index contributed by atoms with van der Waals surface area (Å²) in [6.45, 7) is 9.58. The number of aromatic nitrogens is 1. The zero-order chi connectivity index (χ0) is 14.8. The topological polar surface area (TPSA) is 38.1 Å². The van der Waals surface area contributed by atoms with Crippen LogP contribution < -0.4 is 5.32 Å². The van der Waals surface area contributed by atoms with Crippen LogP contribution in [0, 0.1) is 6.92 Å². The molecule has 0 aliphatic heterocycles. The minimum absolute atomic E-state index is 0.169. The molecule has 5 heteroatoms. The van der Waals surface area contributed by atoms with Crippen molar-refractivity contribution in [2.24, 2.45) is 0 Å². The zero-order valence-corrected chi connectivity index (χ0v) is 14.8. The van der Waals surface area contributed by atoms with Gasteiger partial charge in [-0.1, -0.05) is 0 Å². The van der Waals surface area contributed by atoms with Crippen molar-refractivity contribution >= 4 is 27.3 Å². The zero-order valence-electron chi connectivity index (χ0n) is 12.4. The highest BCUT2D eigenvalue weighted by Gasteiger charge is 2.11. The van der Waals surface area contributed by atoms with Crippen molar-refractivity contribution in [2.45, 2.75) is 46.1 Å². The average Bonchev–Trinajstić information content (AvgIpc) is 2.92. The molecule has 0 aromatic carbocycles. The van der Waals surface area contributed by atoms with Crippen molar-refractivity contribution < 1.29 is 4.42 Å². The summed E-state index contributed by atoms with van der Waals surface area (Å²) in [7, 11) is 0. The molecule has 0 saturated carbocycles. The number of hydrogen-bond acceptors (Lipinski definition) is 4. The average molecular weight is 357 g/mol. The lowest BCUT2D eigenvalue weighted by Crippen LogP contribution is -2.36. The predicted octanol–water partition coefficient (Wildman–Crippen LogP) is 4.79. The first-order valence-electron chi connectivity index (χ1n) is 6.81. The van der Waals surface area contributed by atoms with Gasteiger partial charge in [0.2, 0.25) is 0 Å². The highest BCUT2D eigenvalue weighted by Crippen LogP contribution is 2.34. The molecule has 20 heavy (non-hydrogen) atoms. The third kappa shape index (κ3) is 4.43. The monoisotopic (exact) mass is 356 g/mol. The van der Waals surface area contributed by atoms with Crippen LogP contribution in [0.5, 0.6) is 0 Å². The Kier molecular flexibility index (Phi) is 5.04. The molecule has 0 radical (unpaired) electrons. The molecule has 0 fully saturated rings. The van der Waals surface area contributed by atoms with Crippen LogP contribution in [0.1, 0.15) is 38.6 Å². The summed E-state index contributed by atoms with van der Waals surface area (Å²) in [5, 5.41) is 3.47. The Morgan fingerprint density at radius 3 is 2.75 bits per heavy atom. The summed E-state index contributed by atoms with van der Waals surface area (Å²) in [6.07, 6.45) is 3.73. The number of nitrogens with one attached hydrogen (secondary N) is 1. The molecule has 0 saturated heterocycles. The maximum Gasteiger partial charge on any atom is 0.194 e. The number of thiophene rings is 1. The van der Waals surface area contributed by atoms with Crippen LogP contribution in [0.4, 0.5) is 0 Å². The molecule has 3 nitrogen and oxygen atoms in total. The molecule has 0 bridgehead atoms. The molecule has 0 amide bonds. The first-order chi connectivity index (χ1) is 9.35. The van der Waals surface area contributed by atoms with Gasteiger partial charge in [0.05, 0.1) is 14.9 Å². The van der Waals surface area contributed by atoms with Crippen molar-refractivity contribution in [2.75, 3.05) is 6.54 Å². The number of aryl methyl sites for hydroxylation is 2. The van der Waals surface area contributed by atoms with Crippen LogP contribution in [0.25, 0.3) is 10.6 Å². The molecule has 0 aliphatic carbocycles. The van der Waals surface area contributed by atoms with E-state index in [1.807, 2.05) is 6.20 Å². The van der Waals surface area contributed by atoms with Crippen molar-refractivity contribution in [1.82, 2.24) is 10.3 Å². The van der Waals surface area contributed by atoms with Crippen LogP contribution in [-0.4, -0.2) is 17.1 Å². The first kappa shape index (κ1) is 15.7. The van der Waals surface area contributed by atoms with E-state index in [-0.39, 0.29) is 5.54 Å². The fourth-order valence-corrected chi connectivity index (χ4v) is 3.31. The van der Waals surface area contributed by atoms with Crippen molar-refractivity contribution in [3.8, 4) is 10.6 Å². The molecule has 2 rings (SSSR count). The summed E-state index contributed by atoms with van der Waals surface area (Å²) >= 11 is 5.22. The minimum atomic E-state index is 0.169. The summed E-state index contributed by atoms with van der Waals surface area (Å²) in [4.78, 5) is 5.49. The smallest absolute Gasteiger partial charge is 0.194 e. The Balaban J connectivity index is 1.89. The lowest BCUT2D eigenvalue weighted by molar-refractivity contribution is 0.413. The first-order valence-corrected chi connectivity index (χ1v) is 8.42. The van der Waals surface area contributed by atoms with Gasteiger partial charge in [-0.25, -0.2) is 4.98 Å². The molecule has 2 heterocycles. The molecular weight excluding hydrogens is 336 g/mol. The van der Waals surface area contributed by atoms with Gasteiger partial charge >= 0.3 is 0 Å². The van der Waals surface area contributed by atoms with Gasteiger partial charge < -0.3 is 9.73 Å². The van der Waals surface area contributed by atoms with E-state index in [0.29, 0.717) is 0 Å². The number of hydrogen-bond donors (Lipinski definition) is 1. The van der Waals surface area contributed by atoms with Gasteiger partial charge in [-0.3, -0.25) is 0 Å². The van der Waals surface area contributed by atoms with Gasteiger partial charge in [-0.2, -0.15) is 0 Å². The molecular formula is C15H21BrN2OS. The van der Waals surface area contributed by atoms with E-state index in [2.05, 4.69) is 60.0 Å². The maximum atomic E-state index is 5.82. The molecule has 0 spiro atoms. The fraction of sp³-hybridized carbons (Fsp3) is 0.533. The predicted molar refractivity (Wildman–Crippen MR) is 88.3 cm³/mol. The maximum absolute atomic E-state index is 5.82. The Morgan fingerprint density at radius 2 is 2.15 bits per heavy atom. The summed E-state index contributed by atoms with van der Waals surface area (Å²) in [6, 6.07) is 2.13. The fourth-order valence-electron chi connectivity index (χ4n) is 1.82. The number of nitrogens with zero attached hydrogens (tertiary/aromatic N) is 1. The van der Waals surface area contributed by atoms with E-state index < -0.39 is 0 Å². The van der Waals surface area contributed by atoms with E-state index in [1.54, 1.807) is 11.3 Å². The standard InChI is InChI=1S/C15H21BrN2OS/c1-10-8-12(20-14(10)16)11-9-17-13(19-11)6-5-7-18-15(2,3)4/h8-9,18H,5-7H2,1-4H3. The van der Waals surface area contributed by atoms with Crippen LogP contribution >= 0.6 is 27.3 Å². The third-order valence-corrected chi connectivity index (χ3v) is 5.03. The van der Waals surface area contributed by atoms with Crippen molar-refractivity contribution in [3.63, 3.8) is 0 Å². The second-order valence-electron chi connectivity index (χ2n) is 5.97. The lowest BCUT2D eigenvalue weighted by Gasteiger charge is -2.19. The largest absolute Gasteiger partial charge is 0.440 e. The Labute approximate surface area is 132 Å². The van der Waals surface area contributed by atoms with Gasteiger partial charge in [-0.05, 0) is 68.2 Å². The number of halogens is 1. The van der Waals surface area contributed by atoms with Crippen molar-refractivity contribution in [3.05, 3.63) is 27.5 Å². The molecule has 0 aliphatic rings. The third-order valence-electron chi connectivity index (χ3n) is 2.88. The second-order valence-corrected chi connectivity index (χ2v) is 8.34. The van der Waals surface area contributed by atoms with Gasteiger partial charge in [0.25, 0.3) is 0 Å². The highest BCUT2D eigenvalue weighted by molar-refractivity contribution is 9.11. The van der Waals surface area contributed by atoms with E-state index in [9.17, 15) is 0 Å². The Hall–Kier alpha value is -0.650. The van der Waals surface area contributed by atoms with Crippen LogP contribution in [-0.2, 0) is 6.42 Å². The van der Waals surface area contributed by atoms with Gasteiger partial charge in [0.15, 0.2) is 11.7 Å². The van der Waals surface area contributed by atoms with Gasteiger partial charge in [0, 0.05) is 12.0 Å². The molecule has 1 N–H and O–H groups in total. The molecule has 0 atom stereocenters. The normalized spacial score (nSPS) is 12.1. The summed E-state index contributed by atoms with van der Waals surface area (Å²) < 4.78 is 6.97. The Morgan fingerprint density at radius 1 is 1.40 bits per heavy atom. The van der Waals surface area contributed by atoms with Crippen LogP contribution in [0.2, 0.25) is 0 Å². The molecule has 2 aromatic rings. The van der Waals surface area contributed by atoms with E-state index in [1.165, 1.54) is 5.56 Å². The quantitative estimate of drug-likeness (QED) is 0.782. The summed E-state index contributed by atoms with van der Waals surface area (Å²) in [5.41, 5.74) is 1.40. The van der Waals surface area contributed by atoms with E-state index >= 15 is 0 Å². The van der Waals surface area contributed by atoms with Gasteiger partial charge in [-0.15, -0.1) is 11.3 Å². The molecule has 2 aromatic heterocycles. The second kappa shape index (κ2) is 6.41. The molecule has 110 valence electrons. The van der Waals surface area contributed by atoms with Gasteiger partial charge in [0.1, 0.15) is 0 Å². The molecule has 0 unspecified atom stereocenters. The Bertz CT molecular complexity index is 549. The van der Waals surface area contributed by atoms with E-state index in [0.717, 1.165) is 39.7 Å². The van der Waals surface area contributed by atoms with Crippen LogP contribution in [0.15, 0.2) is 20.5 Å². The van der Waals surface area contributed by atoms with E-state index in [4.69, 9.17) is 4.42 Å². The minimum Gasteiger partial charge on any atom is -0.440 e. The number of rotatable bonds is 5. The highest BCUT2D eigenvalue weighted by atomic mass is 79.9. The number of oxazole rings is 1.